The standard InChI is InChI=1S/C22H24BrClN2O2S/c1-15-4-2-3-5-21-22(15,19-14-16(23)6-11-20(19)26-21)12-13-25-29(27,28)18-9-7-17(24)8-10-18/h6-11,14,21,25-26H,1-5,12-13H2. The lowest BCUT2D eigenvalue weighted by Crippen LogP contribution is -2.42. The van der Waals surface area contributed by atoms with Crippen LogP contribution in [0.15, 0.2) is 64.0 Å². The summed E-state index contributed by atoms with van der Waals surface area (Å²) in [6.45, 7) is 4.79. The largest absolute Gasteiger partial charge is 0.381 e. The number of fused-ring (bicyclic) bond motifs is 3. The quantitative estimate of drug-likeness (QED) is 0.528. The maximum Gasteiger partial charge on any atom is 0.240 e. The molecule has 2 aromatic carbocycles. The van der Waals surface area contributed by atoms with Crippen molar-refractivity contribution in [2.75, 3.05) is 11.9 Å². The summed E-state index contributed by atoms with van der Waals surface area (Å²) in [7, 11) is -3.59. The van der Waals surface area contributed by atoms with Gasteiger partial charge in [0.1, 0.15) is 0 Å². The molecule has 1 aliphatic carbocycles. The zero-order valence-corrected chi connectivity index (χ0v) is 19.2. The lowest BCUT2D eigenvalue weighted by Gasteiger charge is -2.37. The summed E-state index contributed by atoms with van der Waals surface area (Å²) in [6, 6.07) is 12.8. The van der Waals surface area contributed by atoms with Crippen LogP contribution in [0, 0.1) is 0 Å². The smallest absolute Gasteiger partial charge is 0.240 e. The van der Waals surface area contributed by atoms with Gasteiger partial charge in [0.05, 0.1) is 4.90 Å². The Labute approximate surface area is 185 Å². The van der Waals surface area contributed by atoms with Gasteiger partial charge in [0.15, 0.2) is 0 Å². The highest BCUT2D eigenvalue weighted by Gasteiger charge is 2.48. The van der Waals surface area contributed by atoms with Crippen molar-refractivity contribution >= 4 is 43.2 Å². The number of hydrogen-bond donors (Lipinski definition) is 2. The first-order valence-electron chi connectivity index (χ1n) is 9.83. The topological polar surface area (TPSA) is 58.2 Å². The first-order valence-corrected chi connectivity index (χ1v) is 12.5. The van der Waals surface area contributed by atoms with E-state index in [1.165, 1.54) is 23.3 Å². The fraction of sp³-hybridized carbons (Fsp3) is 0.364. The van der Waals surface area contributed by atoms with Crippen LogP contribution in [0.3, 0.4) is 0 Å². The van der Waals surface area contributed by atoms with Gasteiger partial charge < -0.3 is 5.32 Å². The molecule has 0 aromatic heterocycles. The molecule has 4 nitrogen and oxygen atoms in total. The SMILES string of the molecule is C=C1CCCCC2Nc3ccc(Br)cc3C12CCNS(=O)(=O)c1ccc(Cl)cc1. The van der Waals surface area contributed by atoms with E-state index in [0.717, 1.165) is 35.8 Å². The van der Waals surface area contributed by atoms with Crippen LogP contribution in [-0.4, -0.2) is 21.0 Å². The molecule has 2 unspecified atom stereocenters. The van der Waals surface area contributed by atoms with Crippen molar-refractivity contribution in [2.45, 2.75) is 48.5 Å². The molecule has 1 heterocycles. The van der Waals surface area contributed by atoms with E-state index in [9.17, 15) is 8.42 Å². The Balaban J connectivity index is 1.62. The number of sulfonamides is 1. The summed E-state index contributed by atoms with van der Waals surface area (Å²) in [4.78, 5) is 0.225. The minimum absolute atomic E-state index is 0.225. The number of anilines is 1. The fourth-order valence-corrected chi connectivity index (χ4v) is 6.26. The Kier molecular flexibility index (Phi) is 5.81. The van der Waals surface area contributed by atoms with Crippen LogP contribution < -0.4 is 10.0 Å². The van der Waals surface area contributed by atoms with Gasteiger partial charge in [-0.25, -0.2) is 13.1 Å². The van der Waals surface area contributed by atoms with Crippen LogP contribution in [0.1, 0.15) is 37.7 Å². The molecule has 2 aliphatic rings. The summed E-state index contributed by atoms with van der Waals surface area (Å²) in [6.07, 6.45) is 4.95. The molecule has 2 atom stereocenters. The summed E-state index contributed by atoms with van der Waals surface area (Å²) in [5.41, 5.74) is 3.27. The van der Waals surface area contributed by atoms with Gasteiger partial charge in [-0.15, -0.1) is 0 Å². The first-order chi connectivity index (χ1) is 13.8. The molecule has 2 N–H and O–H groups in total. The van der Waals surface area contributed by atoms with Crippen molar-refractivity contribution in [1.82, 2.24) is 4.72 Å². The van der Waals surface area contributed by atoms with Gasteiger partial charge in [0.25, 0.3) is 0 Å². The molecule has 0 saturated heterocycles. The molecule has 7 heteroatoms. The molecule has 1 aliphatic heterocycles. The highest BCUT2D eigenvalue weighted by molar-refractivity contribution is 9.10. The van der Waals surface area contributed by atoms with Crippen molar-refractivity contribution in [3.8, 4) is 0 Å². The molecule has 4 rings (SSSR count). The molecular weight excluding hydrogens is 472 g/mol. The third-order valence-corrected chi connectivity index (χ3v) is 8.40. The van der Waals surface area contributed by atoms with Gasteiger partial charge in [-0.3, -0.25) is 0 Å². The summed E-state index contributed by atoms with van der Waals surface area (Å²) < 4.78 is 29.3. The minimum Gasteiger partial charge on any atom is -0.381 e. The molecule has 0 bridgehead atoms. The second-order valence-electron chi connectivity index (χ2n) is 7.81. The van der Waals surface area contributed by atoms with E-state index in [1.807, 2.05) is 6.07 Å². The van der Waals surface area contributed by atoms with Gasteiger partial charge in [-0.05, 0) is 73.7 Å². The second kappa shape index (κ2) is 8.06. The molecule has 1 fully saturated rings. The summed E-state index contributed by atoms with van der Waals surface area (Å²) >= 11 is 9.49. The molecule has 154 valence electrons. The first kappa shape index (κ1) is 20.9. The van der Waals surface area contributed by atoms with Gasteiger partial charge in [0.2, 0.25) is 10.0 Å². The third kappa shape index (κ3) is 3.88. The Hall–Kier alpha value is -1.34. The number of rotatable bonds is 5. The highest BCUT2D eigenvalue weighted by atomic mass is 79.9. The highest BCUT2D eigenvalue weighted by Crippen LogP contribution is 2.52. The van der Waals surface area contributed by atoms with Crippen LogP contribution in [0.4, 0.5) is 5.69 Å². The fourth-order valence-electron chi connectivity index (χ4n) is 4.74. The maximum atomic E-state index is 12.7. The normalized spacial score (nSPS) is 23.8. The Morgan fingerprint density at radius 2 is 1.97 bits per heavy atom. The van der Waals surface area contributed by atoms with E-state index in [0.29, 0.717) is 18.0 Å². The average Bonchev–Trinajstić information content (AvgIpc) is 2.90. The van der Waals surface area contributed by atoms with E-state index in [-0.39, 0.29) is 16.4 Å². The van der Waals surface area contributed by atoms with E-state index >= 15 is 0 Å². The molecule has 0 spiro atoms. The molecule has 0 radical (unpaired) electrons. The van der Waals surface area contributed by atoms with E-state index in [4.69, 9.17) is 11.6 Å². The van der Waals surface area contributed by atoms with Gasteiger partial charge in [-0.2, -0.15) is 0 Å². The van der Waals surface area contributed by atoms with Crippen LogP contribution in [0.25, 0.3) is 0 Å². The Morgan fingerprint density at radius 3 is 2.72 bits per heavy atom. The van der Waals surface area contributed by atoms with Gasteiger partial charge in [0, 0.05) is 33.2 Å². The van der Waals surface area contributed by atoms with E-state index in [1.54, 1.807) is 12.1 Å². The van der Waals surface area contributed by atoms with Crippen LogP contribution in [0.2, 0.25) is 5.02 Å². The van der Waals surface area contributed by atoms with Gasteiger partial charge in [-0.1, -0.05) is 46.1 Å². The van der Waals surface area contributed by atoms with Crippen molar-refractivity contribution in [2.24, 2.45) is 0 Å². The number of hydrogen-bond acceptors (Lipinski definition) is 3. The summed E-state index contributed by atoms with van der Waals surface area (Å²) in [5.74, 6) is 0. The predicted octanol–water partition coefficient (Wildman–Crippen LogP) is 5.63. The van der Waals surface area contributed by atoms with E-state index in [2.05, 4.69) is 44.7 Å². The molecule has 29 heavy (non-hydrogen) atoms. The minimum atomic E-state index is -3.59. The number of halogens is 2. The third-order valence-electron chi connectivity index (χ3n) is 6.17. The molecule has 0 amide bonds. The van der Waals surface area contributed by atoms with Crippen molar-refractivity contribution < 1.29 is 8.42 Å². The molecule has 1 saturated carbocycles. The maximum absolute atomic E-state index is 12.7. The van der Waals surface area contributed by atoms with Gasteiger partial charge >= 0.3 is 0 Å². The van der Waals surface area contributed by atoms with Crippen molar-refractivity contribution in [3.05, 3.63) is 69.7 Å². The predicted molar refractivity (Wildman–Crippen MR) is 122 cm³/mol. The Morgan fingerprint density at radius 1 is 1.21 bits per heavy atom. The van der Waals surface area contributed by atoms with Crippen molar-refractivity contribution in [3.63, 3.8) is 0 Å². The zero-order chi connectivity index (χ0) is 20.6. The zero-order valence-electron chi connectivity index (χ0n) is 16.0. The lowest BCUT2D eigenvalue weighted by atomic mass is 9.68. The van der Waals surface area contributed by atoms with Crippen LogP contribution in [0.5, 0.6) is 0 Å². The number of nitrogens with one attached hydrogen (secondary N) is 2. The Bertz CT molecular complexity index is 1040. The van der Waals surface area contributed by atoms with Crippen LogP contribution in [-0.2, 0) is 15.4 Å². The molecular formula is C22H24BrClN2O2S. The van der Waals surface area contributed by atoms with E-state index < -0.39 is 10.0 Å². The number of benzene rings is 2. The monoisotopic (exact) mass is 494 g/mol. The van der Waals surface area contributed by atoms with Crippen molar-refractivity contribution in [1.29, 1.82) is 0 Å². The average molecular weight is 496 g/mol. The lowest BCUT2D eigenvalue weighted by molar-refractivity contribution is 0.404. The van der Waals surface area contributed by atoms with Crippen LogP contribution >= 0.6 is 27.5 Å². The second-order valence-corrected chi connectivity index (χ2v) is 10.9. The summed E-state index contributed by atoms with van der Waals surface area (Å²) in [5, 5.41) is 4.20. The molecule has 2 aromatic rings.